The predicted molar refractivity (Wildman–Crippen MR) is 105 cm³/mol. The molecule has 0 spiro atoms. The van der Waals surface area contributed by atoms with Crippen molar-refractivity contribution in [2.24, 2.45) is 11.8 Å². The number of sulfonamides is 1. The molecule has 3 heterocycles. The third-order valence-corrected chi connectivity index (χ3v) is 7.43. The van der Waals surface area contributed by atoms with Crippen LogP contribution >= 0.6 is 0 Å². The van der Waals surface area contributed by atoms with Crippen LogP contribution < -0.4 is 28.0 Å². The first kappa shape index (κ1) is 30.8. The summed E-state index contributed by atoms with van der Waals surface area (Å²) in [4.78, 5) is 6.89. The molecule has 2 atom stereocenters. The summed E-state index contributed by atoms with van der Waals surface area (Å²) in [7, 11) is -12.8. The van der Waals surface area contributed by atoms with Gasteiger partial charge in [0.25, 0.3) is 0 Å². The Labute approximate surface area is 212 Å². The van der Waals surface area contributed by atoms with Crippen molar-refractivity contribution in [1.82, 2.24) is 18.8 Å². The Kier molecular flexibility index (Phi) is 10.6. The van der Waals surface area contributed by atoms with E-state index in [1.165, 1.54) is 0 Å². The van der Waals surface area contributed by atoms with Crippen molar-refractivity contribution < 1.29 is 66.2 Å². The quantitative estimate of drug-likeness (QED) is 0.346. The molecule has 204 valence electrons. The predicted octanol–water partition coefficient (Wildman–Crippen LogP) is -6.02. The summed E-state index contributed by atoms with van der Waals surface area (Å²) in [5.41, 5.74) is 0.907. The fraction of sp³-hybridized carbons (Fsp3) is 0.526. The highest BCUT2D eigenvalue weighted by atomic mass is 35.7. The molecular weight excluding hydrogens is 547 g/mol. The van der Waals surface area contributed by atoms with E-state index in [2.05, 4.69) is 23.7 Å². The van der Waals surface area contributed by atoms with E-state index in [9.17, 15) is 8.42 Å². The number of aromatic nitrogens is 2. The van der Waals surface area contributed by atoms with Gasteiger partial charge in [0.05, 0.1) is 41.0 Å². The number of benzene rings is 1. The second-order valence-electron chi connectivity index (χ2n) is 8.59. The fourth-order valence-electron chi connectivity index (χ4n) is 4.24. The maximum Gasteiger partial charge on any atom is 0.243 e. The van der Waals surface area contributed by atoms with Gasteiger partial charge in [-0.2, -0.15) is 32.3 Å². The lowest BCUT2D eigenvalue weighted by Gasteiger charge is -2.46. The number of likely N-dealkylation sites (tertiary alicyclic amines) is 1. The van der Waals surface area contributed by atoms with Crippen molar-refractivity contribution >= 4 is 10.0 Å². The van der Waals surface area contributed by atoms with Crippen molar-refractivity contribution in [3.8, 4) is 5.69 Å². The van der Waals surface area contributed by atoms with Crippen molar-refractivity contribution in [1.29, 1.82) is 0 Å². The molecule has 2 N–H and O–H groups in total. The Balaban J connectivity index is 0.000000389. The number of fused-ring (bicyclic) bond motifs is 2. The summed E-state index contributed by atoms with van der Waals surface area (Å²) in [5.74, 6) is 0.870. The average Bonchev–Trinajstić information content (AvgIpc) is 3.25. The van der Waals surface area contributed by atoms with Crippen LogP contribution in [-0.2, 0) is 10.0 Å². The third-order valence-electron chi connectivity index (χ3n) is 5.58. The lowest BCUT2D eigenvalue weighted by atomic mass is 9.85. The SMILES string of the molecule is CC(C)N1C[C@H]2C[C@@H](C1)CN(S(=O)(=O)c1ccc(-n3ccnc3)cc1)C2.[O-][Cl+3]([O-])([O-])O.[O-][Cl+3]([O-])([O-])O. The molecule has 36 heavy (non-hydrogen) atoms. The lowest BCUT2D eigenvalue weighted by molar-refractivity contribution is -1.92. The molecule has 0 unspecified atom stereocenters. The van der Waals surface area contributed by atoms with Crippen LogP contribution in [0.3, 0.4) is 0 Å². The Hall–Kier alpha value is -1.44. The van der Waals surface area contributed by atoms with Gasteiger partial charge in [0, 0.05) is 50.3 Å². The molecule has 1 aromatic heterocycles. The molecule has 2 aliphatic heterocycles. The Morgan fingerprint density at radius 2 is 1.39 bits per heavy atom. The van der Waals surface area contributed by atoms with E-state index >= 15 is 0 Å². The van der Waals surface area contributed by atoms with E-state index in [0.29, 0.717) is 35.9 Å². The standard InChI is InChI=1S/C19H26N4O2S.2ClHO4/c1-15(2)22-10-16-9-17(11-22)13-23(12-16)26(24,25)19-5-3-18(4-6-19)21-8-7-20-14-21;2*2-1(3,4)5/h3-8,14-17H,9-13H2,1-2H3;2*(H,2,3,4,5)/t16-,17+;;. The van der Waals surface area contributed by atoms with Crippen LogP contribution in [0, 0.1) is 32.3 Å². The minimum Gasteiger partial charge on any atom is -0.306 e. The van der Waals surface area contributed by atoms with Crippen LogP contribution in [-0.4, -0.2) is 68.7 Å². The van der Waals surface area contributed by atoms with Crippen LogP contribution in [0.1, 0.15) is 20.3 Å². The molecule has 2 saturated heterocycles. The number of halogens is 2. The first-order valence-corrected chi connectivity index (χ1v) is 14.5. The van der Waals surface area contributed by atoms with Gasteiger partial charge in [0.1, 0.15) is 0 Å². The number of hydrogen-bond donors (Lipinski definition) is 2. The van der Waals surface area contributed by atoms with Gasteiger partial charge in [0.15, 0.2) is 0 Å². The van der Waals surface area contributed by atoms with Crippen LogP contribution in [0.4, 0.5) is 0 Å². The lowest BCUT2D eigenvalue weighted by Crippen LogP contribution is -2.58. The second-order valence-corrected chi connectivity index (χ2v) is 12.1. The molecule has 2 aromatic rings. The average molecular weight is 575 g/mol. The molecule has 0 amide bonds. The number of rotatable bonds is 4. The van der Waals surface area contributed by atoms with E-state index in [1.807, 2.05) is 22.9 Å². The van der Waals surface area contributed by atoms with E-state index in [0.717, 1.165) is 25.2 Å². The molecule has 2 bridgehead atoms. The Morgan fingerprint density at radius 1 is 0.917 bits per heavy atom. The monoisotopic (exact) mass is 574 g/mol. The van der Waals surface area contributed by atoms with Gasteiger partial charge < -0.3 is 9.47 Å². The fourth-order valence-corrected chi connectivity index (χ4v) is 5.83. The zero-order valence-electron chi connectivity index (χ0n) is 19.4. The Morgan fingerprint density at radius 3 is 1.78 bits per heavy atom. The van der Waals surface area contributed by atoms with Crippen molar-refractivity contribution in [3.05, 3.63) is 43.0 Å². The summed E-state index contributed by atoms with van der Waals surface area (Å²) in [6.45, 7) is 7.70. The first-order chi connectivity index (χ1) is 16.4. The van der Waals surface area contributed by atoms with Gasteiger partial charge in [-0.1, -0.05) is 0 Å². The molecule has 0 aliphatic carbocycles. The van der Waals surface area contributed by atoms with E-state index in [1.54, 1.807) is 29.0 Å². The molecule has 17 heteroatoms. The van der Waals surface area contributed by atoms with Gasteiger partial charge in [-0.05, 0) is 56.4 Å². The molecule has 2 fully saturated rings. The number of imidazole rings is 1. The molecule has 2 aliphatic rings. The highest BCUT2D eigenvalue weighted by Crippen LogP contribution is 2.32. The molecule has 1 aromatic carbocycles. The van der Waals surface area contributed by atoms with Gasteiger partial charge in [-0.25, -0.2) is 13.4 Å². The highest BCUT2D eigenvalue weighted by Gasteiger charge is 2.39. The van der Waals surface area contributed by atoms with E-state index < -0.39 is 30.5 Å². The molecular formula is C19H28Cl2N4O10S. The maximum atomic E-state index is 13.1. The van der Waals surface area contributed by atoms with Gasteiger partial charge in [0.2, 0.25) is 10.0 Å². The van der Waals surface area contributed by atoms with Gasteiger partial charge in [-0.15, -0.1) is 0 Å². The van der Waals surface area contributed by atoms with Crippen LogP contribution in [0.25, 0.3) is 5.69 Å². The van der Waals surface area contributed by atoms with Crippen LogP contribution in [0.15, 0.2) is 47.9 Å². The number of piperidine rings is 2. The van der Waals surface area contributed by atoms with E-state index in [-0.39, 0.29) is 0 Å². The first-order valence-electron chi connectivity index (χ1n) is 10.5. The van der Waals surface area contributed by atoms with Crippen molar-refractivity contribution in [2.45, 2.75) is 31.2 Å². The minimum absolute atomic E-state index is 0.377. The molecule has 14 nitrogen and oxygen atoms in total. The summed E-state index contributed by atoms with van der Waals surface area (Å²) >= 11 is 0. The van der Waals surface area contributed by atoms with Gasteiger partial charge in [-0.3, -0.25) is 0 Å². The maximum absolute atomic E-state index is 13.1. The van der Waals surface area contributed by atoms with Crippen molar-refractivity contribution in [3.63, 3.8) is 0 Å². The molecule has 4 rings (SSSR count). The smallest absolute Gasteiger partial charge is 0.243 e. The Bertz CT molecular complexity index is 1010. The second kappa shape index (κ2) is 12.4. The van der Waals surface area contributed by atoms with Crippen LogP contribution in [0.2, 0.25) is 0 Å². The normalized spacial score (nSPS) is 21.3. The number of nitrogens with zero attached hydrogens (tertiary/aromatic N) is 4. The topological polar surface area (TPSA) is 237 Å². The van der Waals surface area contributed by atoms with Crippen LogP contribution in [0.5, 0.6) is 0 Å². The molecule has 0 saturated carbocycles. The minimum atomic E-state index is -4.69. The zero-order chi connectivity index (χ0) is 27.3. The molecule has 0 radical (unpaired) electrons. The largest absolute Gasteiger partial charge is 0.306 e. The van der Waals surface area contributed by atoms with Crippen molar-refractivity contribution in [2.75, 3.05) is 26.2 Å². The summed E-state index contributed by atoms with van der Waals surface area (Å²) in [6, 6.07) is 7.60. The zero-order valence-corrected chi connectivity index (χ0v) is 21.8. The van der Waals surface area contributed by atoms with Gasteiger partial charge >= 0.3 is 0 Å². The summed E-state index contributed by atoms with van der Waals surface area (Å²) < 4.78 is 95.3. The van der Waals surface area contributed by atoms with E-state index in [4.69, 9.17) is 37.3 Å². The summed E-state index contributed by atoms with van der Waals surface area (Å²) in [5, 5.41) is 0. The number of hydrogen-bond acceptors (Lipinski definition) is 12. The third kappa shape index (κ3) is 10.5. The highest BCUT2D eigenvalue weighted by molar-refractivity contribution is 7.89. The summed E-state index contributed by atoms with van der Waals surface area (Å²) in [6.07, 6.45) is 6.40.